The molecule has 0 atom stereocenters. The molecule has 4 rings (SSSR count). The number of nitrogens with one attached hydrogen (secondary N) is 2. The maximum Gasteiger partial charge on any atom is 0.267 e. The maximum absolute atomic E-state index is 11.8. The van der Waals surface area contributed by atoms with E-state index in [1.54, 1.807) is 10.8 Å². The van der Waals surface area contributed by atoms with Crippen molar-refractivity contribution in [3.63, 3.8) is 0 Å². The highest BCUT2D eigenvalue weighted by Gasteiger charge is 2.23. The monoisotopic (exact) mass is 309 g/mol. The topological polar surface area (TPSA) is 148 Å². The lowest BCUT2D eigenvalue weighted by molar-refractivity contribution is 0.100. The van der Waals surface area contributed by atoms with Crippen LogP contribution < -0.4 is 17.0 Å². The molecule has 4 aromatic rings. The van der Waals surface area contributed by atoms with Crippen molar-refractivity contribution in [2.24, 2.45) is 5.73 Å². The van der Waals surface area contributed by atoms with Crippen LogP contribution >= 0.6 is 0 Å². The SMILES string of the molecule is NC(=O)c1c(N)n(-c2cccc3[nH]ncc23)c2ncc(=O)[nH]c12. The van der Waals surface area contributed by atoms with Crippen LogP contribution in [-0.4, -0.2) is 30.6 Å². The lowest BCUT2D eigenvalue weighted by Gasteiger charge is -2.08. The van der Waals surface area contributed by atoms with Crippen molar-refractivity contribution in [2.45, 2.75) is 0 Å². The van der Waals surface area contributed by atoms with Crippen molar-refractivity contribution in [1.82, 2.24) is 24.7 Å². The van der Waals surface area contributed by atoms with E-state index in [1.165, 1.54) is 0 Å². The largest absolute Gasteiger partial charge is 0.384 e. The molecule has 114 valence electrons. The Hall–Kier alpha value is -3.62. The number of nitrogens with zero attached hydrogens (tertiary/aromatic N) is 3. The Balaban J connectivity index is 2.20. The minimum Gasteiger partial charge on any atom is -0.384 e. The summed E-state index contributed by atoms with van der Waals surface area (Å²) < 4.78 is 1.57. The van der Waals surface area contributed by atoms with Crippen molar-refractivity contribution >= 4 is 33.8 Å². The third-order valence-electron chi connectivity index (χ3n) is 3.68. The molecule has 9 heteroatoms. The Morgan fingerprint density at radius 1 is 1.26 bits per heavy atom. The molecule has 0 unspecified atom stereocenters. The molecule has 6 N–H and O–H groups in total. The summed E-state index contributed by atoms with van der Waals surface area (Å²) >= 11 is 0. The smallest absolute Gasteiger partial charge is 0.267 e. The van der Waals surface area contributed by atoms with Crippen LogP contribution in [0.5, 0.6) is 0 Å². The van der Waals surface area contributed by atoms with E-state index in [0.717, 1.165) is 17.1 Å². The summed E-state index contributed by atoms with van der Waals surface area (Å²) in [5.41, 5.74) is 13.2. The quantitative estimate of drug-likeness (QED) is 0.419. The number of hydrogen-bond donors (Lipinski definition) is 4. The zero-order chi connectivity index (χ0) is 16.1. The lowest BCUT2D eigenvalue weighted by atomic mass is 10.2. The normalized spacial score (nSPS) is 11.3. The van der Waals surface area contributed by atoms with E-state index in [9.17, 15) is 9.59 Å². The molecule has 1 aromatic carbocycles. The molecule has 9 nitrogen and oxygen atoms in total. The van der Waals surface area contributed by atoms with E-state index >= 15 is 0 Å². The lowest BCUT2D eigenvalue weighted by Crippen LogP contribution is -2.14. The summed E-state index contributed by atoms with van der Waals surface area (Å²) in [4.78, 5) is 30.0. The second kappa shape index (κ2) is 4.44. The van der Waals surface area contributed by atoms with Crippen molar-refractivity contribution < 1.29 is 4.79 Å². The van der Waals surface area contributed by atoms with Gasteiger partial charge in [-0.25, -0.2) is 4.98 Å². The first-order chi connectivity index (χ1) is 11.1. The van der Waals surface area contributed by atoms with Gasteiger partial charge in [0.1, 0.15) is 16.9 Å². The molecular weight excluding hydrogens is 298 g/mol. The number of anilines is 1. The number of nitrogens with two attached hydrogens (primary N) is 2. The van der Waals surface area contributed by atoms with Crippen LogP contribution in [0.15, 0.2) is 35.4 Å². The van der Waals surface area contributed by atoms with Crippen molar-refractivity contribution in [1.29, 1.82) is 0 Å². The van der Waals surface area contributed by atoms with Gasteiger partial charge in [-0.2, -0.15) is 5.10 Å². The van der Waals surface area contributed by atoms with Gasteiger partial charge >= 0.3 is 0 Å². The number of H-pyrrole nitrogens is 2. The molecule has 3 aromatic heterocycles. The van der Waals surface area contributed by atoms with Gasteiger partial charge in [-0.3, -0.25) is 19.3 Å². The number of carbonyl (C=O) groups excluding carboxylic acids is 1. The second-order valence-electron chi connectivity index (χ2n) is 5.01. The van der Waals surface area contributed by atoms with Gasteiger partial charge in [0.05, 0.1) is 23.6 Å². The number of rotatable bonds is 2. The number of aromatic amines is 2. The van der Waals surface area contributed by atoms with Gasteiger partial charge < -0.3 is 16.5 Å². The zero-order valence-corrected chi connectivity index (χ0v) is 11.7. The average Bonchev–Trinajstić information content (AvgIpc) is 3.08. The fraction of sp³-hybridized carbons (Fsp3) is 0. The van der Waals surface area contributed by atoms with Crippen LogP contribution in [0.25, 0.3) is 27.8 Å². The first-order valence-corrected chi connectivity index (χ1v) is 6.69. The molecule has 0 saturated carbocycles. The molecule has 0 aliphatic heterocycles. The van der Waals surface area contributed by atoms with Crippen molar-refractivity contribution in [3.05, 3.63) is 46.5 Å². The number of benzene rings is 1. The van der Waals surface area contributed by atoms with E-state index < -0.39 is 11.5 Å². The highest BCUT2D eigenvalue weighted by atomic mass is 16.1. The molecule has 0 radical (unpaired) electrons. The Morgan fingerprint density at radius 3 is 2.87 bits per heavy atom. The third kappa shape index (κ3) is 1.73. The molecule has 0 bridgehead atoms. The summed E-state index contributed by atoms with van der Waals surface area (Å²) in [5, 5.41) is 7.66. The minimum atomic E-state index is -0.741. The fourth-order valence-electron chi connectivity index (χ4n) is 2.73. The van der Waals surface area contributed by atoms with E-state index in [-0.39, 0.29) is 16.9 Å². The molecule has 3 heterocycles. The van der Waals surface area contributed by atoms with Crippen LogP contribution in [0.2, 0.25) is 0 Å². The van der Waals surface area contributed by atoms with Crippen LogP contribution in [0.3, 0.4) is 0 Å². The number of fused-ring (bicyclic) bond motifs is 2. The molecule has 23 heavy (non-hydrogen) atoms. The Kier molecular flexibility index (Phi) is 2.52. The van der Waals surface area contributed by atoms with Crippen LogP contribution in [0.4, 0.5) is 5.82 Å². The molecule has 0 aliphatic carbocycles. The number of nitrogen functional groups attached to an aromatic ring is 1. The molecule has 1 amide bonds. The number of amides is 1. The van der Waals surface area contributed by atoms with Crippen molar-refractivity contribution in [2.75, 3.05) is 5.73 Å². The predicted octanol–water partition coefficient (Wildman–Crippen LogP) is 0.271. The Morgan fingerprint density at radius 2 is 2.09 bits per heavy atom. The molecule has 0 spiro atoms. The van der Waals surface area contributed by atoms with Crippen LogP contribution in [0, 0.1) is 0 Å². The summed E-state index contributed by atoms with van der Waals surface area (Å²) in [5.74, 6) is -0.634. The highest BCUT2D eigenvalue weighted by molar-refractivity contribution is 6.10. The number of aromatic nitrogens is 5. The first-order valence-electron chi connectivity index (χ1n) is 6.69. The Bertz CT molecular complexity index is 1140. The first kappa shape index (κ1) is 13.1. The van der Waals surface area contributed by atoms with E-state index in [2.05, 4.69) is 20.2 Å². The van der Waals surface area contributed by atoms with Gasteiger partial charge in [0, 0.05) is 5.39 Å². The van der Waals surface area contributed by atoms with Gasteiger partial charge in [0.2, 0.25) is 0 Å². The second-order valence-corrected chi connectivity index (χ2v) is 5.01. The van der Waals surface area contributed by atoms with E-state index in [4.69, 9.17) is 11.5 Å². The summed E-state index contributed by atoms with van der Waals surface area (Å²) in [6.07, 6.45) is 2.77. The van der Waals surface area contributed by atoms with E-state index in [0.29, 0.717) is 11.3 Å². The molecular formula is C14H11N7O2. The summed E-state index contributed by atoms with van der Waals surface area (Å²) in [7, 11) is 0. The summed E-state index contributed by atoms with van der Waals surface area (Å²) in [6, 6.07) is 5.49. The average molecular weight is 309 g/mol. The predicted molar refractivity (Wildman–Crippen MR) is 84.3 cm³/mol. The standard InChI is InChI=1S/C14H11N7O2/c15-12-10(13(16)23)11-14(17-5-9(22)19-11)21(12)8-3-1-2-7-6(8)4-18-20-7/h1-5H,15H2,(H2,16,23)(H,18,20)(H,19,22). The molecule has 0 aliphatic rings. The maximum atomic E-state index is 11.8. The zero-order valence-electron chi connectivity index (χ0n) is 11.7. The highest BCUT2D eigenvalue weighted by Crippen LogP contribution is 2.31. The number of primary amides is 1. The fourth-order valence-corrected chi connectivity index (χ4v) is 2.73. The minimum absolute atomic E-state index is 0.0331. The molecule has 0 fully saturated rings. The molecule has 0 saturated heterocycles. The third-order valence-corrected chi connectivity index (χ3v) is 3.68. The van der Waals surface area contributed by atoms with Crippen LogP contribution in [-0.2, 0) is 0 Å². The van der Waals surface area contributed by atoms with E-state index in [1.807, 2.05) is 18.2 Å². The number of hydrogen-bond acceptors (Lipinski definition) is 5. The van der Waals surface area contributed by atoms with Gasteiger partial charge in [0.15, 0.2) is 5.65 Å². The van der Waals surface area contributed by atoms with Gasteiger partial charge in [-0.15, -0.1) is 0 Å². The Labute approximate surface area is 127 Å². The van der Waals surface area contributed by atoms with Crippen LogP contribution in [0.1, 0.15) is 10.4 Å². The number of carbonyl (C=O) groups is 1. The van der Waals surface area contributed by atoms with Gasteiger partial charge in [0.25, 0.3) is 11.5 Å². The van der Waals surface area contributed by atoms with Gasteiger partial charge in [-0.05, 0) is 12.1 Å². The van der Waals surface area contributed by atoms with Gasteiger partial charge in [-0.1, -0.05) is 6.07 Å². The van der Waals surface area contributed by atoms with Crippen molar-refractivity contribution in [3.8, 4) is 5.69 Å². The summed E-state index contributed by atoms with van der Waals surface area (Å²) in [6.45, 7) is 0.